The van der Waals surface area contributed by atoms with E-state index in [1.165, 1.54) is 23.5 Å². The smallest absolute Gasteiger partial charge is 0.339 e. The first kappa shape index (κ1) is 22.4. The van der Waals surface area contributed by atoms with Gasteiger partial charge in [0, 0.05) is 30.7 Å². The predicted octanol–water partition coefficient (Wildman–Crippen LogP) is 3.00. The van der Waals surface area contributed by atoms with Crippen LogP contribution in [-0.4, -0.2) is 56.9 Å². The summed E-state index contributed by atoms with van der Waals surface area (Å²) in [4.78, 5) is 14.2. The van der Waals surface area contributed by atoms with Crippen LogP contribution in [0.2, 0.25) is 0 Å². The van der Waals surface area contributed by atoms with Crippen molar-refractivity contribution in [3.8, 4) is 6.07 Å². The SMILES string of the molecule is COC(=O)c1cc(S(=O)(=O)N2CCCN(Cc3ccc(C#N)cc3)CC2)ccc1Br. The van der Waals surface area contributed by atoms with E-state index in [4.69, 9.17) is 10.00 Å². The molecule has 2 aromatic carbocycles. The van der Waals surface area contributed by atoms with Crippen LogP contribution < -0.4 is 0 Å². The average Bonchev–Trinajstić information content (AvgIpc) is 3.00. The molecule has 0 aliphatic carbocycles. The predicted molar refractivity (Wildman–Crippen MR) is 115 cm³/mol. The van der Waals surface area contributed by atoms with Gasteiger partial charge in [0.1, 0.15) is 0 Å². The Morgan fingerprint density at radius 1 is 1.13 bits per heavy atom. The van der Waals surface area contributed by atoms with Crippen molar-refractivity contribution in [1.29, 1.82) is 5.26 Å². The molecule has 0 radical (unpaired) electrons. The van der Waals surface area contributed by atoms with Crippen LogP contribution >= 0.6 is 15.9 Å². The normalized spacial score (nSPS) is 15.9. The Bertz CT molecular complexity index is 1060. The summed E-state index contributed by atoms with van der Waals surface area (Å²) in [5.41, 5.74) is 1.88. The number of hydrogen-bond donors (Lipinski definition) is 0. The number of sulfonamides is 1. The first-order valence-electron chi connectivity index (χ1n) is 9.44. The van der Waals surface area contributed by atoms with E-state index in [0.29, 0.717) is 42.6 Å². The van der Waals surface area contributed by atoms with Gasteiger partial charge >= 0.3 is 5.97 Å². The lowest BCUT2D eigenvalue weighted by atomic mass is 10.1. The molecule has 30 heavy (non-hydrogen) atoms. The van der Waals surface area contributed by atoms with Gasteiger partial charge in [-0.05, 0) is 64.8 Å². The molecule has 1 aliphatic rings. The van der Waals surface area contributed by atoms with Crippen LogP contribution in [0, 0.1) is 11.3 Å². The Labute approximate surface area is 185 Å². The quantitative estimate of drug-likeness (QED) is 0.597. The molecule has 7 nitrogen and oxygen atoms in total. The van der Waals surface area contributed by atoms with Gasteiger partial charge in [0.05, 0.1) is 29.2 Å². The number of carbonyl (C=O) groups is 1. The number of carbonyl (C=O) groups excluding carboxylic acids is 1. The highest BCUT2D eigenvalue weighted by atomic mass is 79.9. The number of hydrogen-bond acceptors (Lipinski definition) is 6. The zero-order valence-corrected chi connectivity index (χ0v) is 18.9. The molecule has 158 valence electrons. The highest BCUT2D eigenvalue weighted by molar-refractivity contribution is 9.10. The largest absolute Gasteiger partial charge is 0.465 e. The number of rotatable bonds is 5. The molecule has 0 atom stereocenters. The molecule has 1 fully saturated rings. The number of methoxy groups -OCH3 is 1. The third-order valence-electron chi connectivity index (χ3n) is 5.02. The van der Waals surface area contributed by atoms with Crippen molar-refractivity contribution in [2.45, 2.75) is 17.9 Å². The minimum Gasteiger partial charge on any atom is -0.465 e. The zero-order chi connectivity index (χ0) is 21.7. The van der Waals surface area contributed by atoms with Gasteiger partial charge in [-0.1, -0.05) is 12.1 Å². The maximum absolute atomic E-state index is 13.2. The molecule has 1 aliphatic heterocycles. The van der Waals surface area contributed by atoms with Crippen LogP contribution in [0.1, 0.15) is 27.9 Å². The number of nitrogens with zero attached hydrogens (tertiary/aromatic N) is 3. The molecule has 0 unspecified atom stereocenters. The summed E-state index contributed by atoms with van der Waals surface area (Å²) in [5, 5.41) is 8.91. The van der Waals surface area contributed by atoms with E-state index in [1.54, 1.807) is 18.2 Å². The van der Waals surface area contributed by atoms with Gasteiger partial charge in [0.25, 0.3) is 0 Å². The van der Waals surface area contributed by atoms with Gasteiger partial charge < -0.3 is 4.74 Å². The highest BCUT2D eigenvalue weighted by Gasteiger charge is 2.28. The third-order valence-corrected chi connectivity index (χ3v) is 7.60. The van der Waals surface area contributed by atoms with Crippen LogP contribution in [0.15, 0.2) is 51.8 Å². The summed E-state index contributed by atoms with van der Waals surface area (Å²) in [6.45, 7) is 2.85. The average molecular weight is 492 g/mol. The minimum absolute atomic E-state index is 0.0756. The molecule has 1 heterocycles. The second-order valence-electron chi connectivity index (χ2n) is 6.98. The van der Waals surface area contributed by atoms with Crippen molar-refractivity contribution in [2.24, 2.45) is 0 Å². The summed E-state index contributed by atoms with van der Waals surface area (Å²) in [6, 6.07) is 13.9. The van der Waals surface area contributed by atoms with E-state index in [2.05, 4.69) is 26.9 Å². The number of ether oxygens (including phenoxy) is 1. The molecule has 0 saturated carbocycles. The second-order valence-corrected chi connectivity index (χ2v) is 9.77. The van der Waals surface area contributed by atoms with Crippen molar-refractivity contribution in [2.75, 3.05) is 33.3 Å². The van der Waals surface area contributed by atoms with Crippen molar-refractivity contribution >= 4 is 31.9 Å². The van der Waals surface area contributed by atoms with Gasteiger partial charge in [0.2, 0.25) is 10.0 Å². The summed E-state index contributed by atoms with van der Waals surface area (Å²) in [5.74, 6) is -0.594. The maximum atomic E-state index is 13.2. The highest BCUT2D eigenvalue weighted by Crippen LogP contribution is 2.25. The van der Waals surface area contributed by atoms with Gasteiger partial charge in [-0.25, -0.2) is 13.2 Å². The van der Waals surface area contributed by atoms with Crippen molar-refractivity contribution in [3.05, 3.63) is 63.6 Å². The van der Waals surface area contributed by atoms with Crippen LogP contribution in [0.25, 0.3) is 0 Å². The van der Waals surface area contributed by atoms with Crippen molar-refractivity contribution < 1.29 is 17.9 Å². The van der Waals surface area contributed by atoms with Gasteiger partial charge in [0.15, 0.2) is 0 Å². The lowest BCUT2D eigenvalue weighted by molar-refractivity contribution is 0.0599. The van der Waals surface area contributed by atoms with Crippen molar-refractivity contribution in [1.82, 2.24) is 9.21 Å². The first-order valence-corrected chi connectivity index (χ1v) is 11.7. The number of nitriles is 1. The Balaban J connectivity index is 1.72. The summed E-state index contributed by atoms with van der Waals surface area (Å²) in [6.07, 6.45) is 0.704. The molecule has 0 amide bonds. The van der Waals surface area contributed by atoms with Gasteiger partial charge in [-0.3, -0.25) is 4.90 Å². The van der Waals surface area contributed by atoms with E-state index in [9.17, 15) is 13.2 Å². The number of esters is 1. The number of halogens is 1. The fourth-order valence-electron chi connectivity index (χ4n) is 3.37. The maximum Gasteiger partial charge on any atom is 0.339 e. The van der Waals surface area contributed by atoms with Crippen LogP contribution in [0.5, 0.6) is 0 Å². The lowest BCUT2D eigenvalue weighted by Gasteiger charge is -2.22. The van der Waals surface area contributed by atoms with E-state index in [0.717, 1.165) is 12.1 Å². The summed E-state index contributed by atoms with van der Waals surface area (Å²) < 4.78 is 33.0. The van der Waals surface area contributed by atoms with Crippen LogP contribution in [-0.2, 0) is 21.3 Å². The Morgan fingerprint density at radius 2 is 1.87 bits per heavy atom. The van der Waals surface area contributed by atoms with E-state index in [1.807, 2.05) is 12.1 Å². The molecule has 1 saturated heterocycles. The monoisotopic (exact) mass is 491 g/mol. The standard InChI is InChI=1S/C21H22BrN3O4S/c1-29-21(26)19-13-18(7-8-20(19)22)30(27,28)25-10-2-9-24(11-12-25)15-17-5-3-16(14-23)4-6-17/h3-8,13H,2,9-12,15H2,1H3. The molecule has 0 aromatic heterocycles. The number of benzene rings is 2. The van der Waals surface area contributed by atoms with E-state index >= 15 is 0 Å². The lowest BCUT2D eigenvalue weighted by Crippen LogP contribution is -2.35. The second kappa shape index (κ2) is 9.71. The minimum atomic E-state index is -3.73. The zero-order valence-electron chi connectivity index (χ0n) is 16.5. The summed E-state index contributed by atoms with van der Waals surface area (Å²) >= 11 is 3.26. The first-order chi connectivity index (χ1) is 14.3. The fourth-order valence-corrected chi connectivity index (χ4v) is 5.27. The Kier molecular flexibility index (Phi) is 7.26. The van der Waals surface area contributed by atoms with Gasteiger partial charge in [-0.15, -0.1) is 0 Å². The molecule has 0 bridgehead atoms. The molecule has 9 heteroatoms. The van der Waals surface area contributed by atoms with Crippen LogP contribution in [0.4, 0.5) is 0 Å². The topological polar surface area (TPSA) is 90.7 Å². The molecule has 0 spiro atoms. The third kappa shape index (κ3) is 5.08. The molecule has 3 rings (SSSR count). The Morgan fingerprint density at radius 3 is 2.53 bits per heavy atom. The Hall–Kier alpha value is -2.25. The molecule has 0 N–H and O–H groups in total. The van der Waals surface area contributed by atoms with Crippen molar-refractivity contribution in [3.63, 3.8) is 0 Å². The summed E-state index contributed by atoms with van der Waals surface area (Å²) in [7, 11) is -2.47. The fraction of sp³-hybridized carbons (Fsp3) is 0.333. The van der Waals surface area contributed by atoms with E-state index < -0.39 is 16.0 Å². The molecule has 2 aromatic rings. The van der Waals surface area contributed by atoms with E-state index in [-0.39, 0.29) is 10.5 Å². The molecular formula is C21H22BrN3O4S. The molecular weight excluding hydrogens is 470 g/mol. The van der Waals surface area contributed by atoms with Crippen LogP contribution in [0.3, 0.4) is 0 Å². The van der Waals surface area contributed by atoms with Gasteiger partial charge in [-0.2, -0.15) is 9.57 Å².